The summed E-state index contributed by atoms with van der Waals surface area (Å²) in [5, 5.41) is 13.3. The van der Waals surface area contributed by atoms with Gasteiger partial charge in [0.2, 0.25) is 0 Å². The minimum Gasteiger partial charge on any atom is -0.406 e. The molecule has 190 valence electrons. The molecule has 0 radical (unpaired) electrons. The lowest BCUT2D eigenvalue weighted by atomic mass is 9.82. The minimum absolute atomic E-state index is 0.0245. The standard InChI is InChI=1S/C25H21Cl2F3N2O4/c1-23(15-35-2)24(34,16-4-3-5-21(14-16)36-25(28,29)30)32(20-12-8-18(27)9-13-20)22(33)31(23)19-10-6-17(26)7-11-19/h3-14,34H,15H2,1-2H3/t23-,24-/m1/s1. The highest BCUT2D eigenvalue weighted by atomic mass is 35.5. The van der Waals surface area contributed by atoms with E-state index in [-0.39, 0.29) is 17.9 Å². The Hall–Kier alpha value is -2.98. The highest BCUT2D eigenvalue weighted by molar-refractivity contribution is 6.31. The van der Waals surface area contributed by atoms with Crippen LogP contribution < -0.4 is 14.5 Å². The van der Waals surface area contributed by atoms with Crippen molar-refractivity contribution >= 4 is 40.6 Å². The minimum atomic E-state index is -4.95. The van der Waals surface area contributed by atoms with Gasteiger partial charge in [0.05, 0.1) is 6.61 Å². The third kappa shape index (κ3) is 4.48. The van der Waals surface area contributed by atoms with Crippen molar-refractivity contribution in [1.29, 1.82) is 0 Å². The van der Waals surface area contributed by atoms with E-state index in [1.807, 2.05) is 0 Å². The number of carbonyl (C=O) groups is 1. The Bertz CT molecular complexity index is 1260. The first-order valence-corrected chi connectivity index (χ1v) is 11.4. The molecule has 1 saturated heterocycles. The first-order chi connectivity index (χ1) is 16.9. The predicted molar refractivity (Wildman–Crippen MR) is 131 cm³/mol. The molecule has 3 aromatic carbocycles. The molecule has 2 atom stereocenters. The number of amides is 2. The van der Waals surface area contributed by atoms with Gasteiger partial charge in [-0.3, -0.25) is 9.80 Å². The van der Waals surface area contributed by atoms with Gasteiger partial charge in [0.25, 0.3) is 0 Å². The summed E-state index contributed by atoms with van der Waals surface area (Å²) in [5.74, 6) is -0.554. The van der Waals surface area contributed by atoms with Crippen molar-refractivity contribution in [2.24, 2.45) is 0 Å². The summed E-state index contributed by atoms with van der Waals surface area (Å²) < 4.78 is 48.5. The molecule has 0 unspecified atom stereocenters. The number of methoxy groups -OCH3 is 1. The van der Waals surface area contributed by atoms with E-state index in [9.17, 15) is 23.1 Å². The Labute approximate surface area is 215 Å². The quantitative estimate of drug-likeness (QED) is 0.383. The maximum Gasteiger partial charge on any atom is 0.573 e. The number of carbonyl (C=O) groups excluding carboxylic acids is 1. The van der Waals surface area contributed by atoms with Crippen LogP contribution in [0.3, 0.4) is 0 Å². The van der Waals surface area contributed by atoms with Crippen molar-refractivity contribution in [3.05, 3.63) is 88.4 Å². The van der Waals surface area contributed by atoms with Gasteiger partial charge in [0.15, 0.2) is 5.72 Å². The van der Waals surface area contributed by atoms with Gasteiger partial charge in [0.1, 0.15) is 11.3 Å². The molecular formula is C25H21Cl2F3N2O4. The van der Waals surface area contributed by atoms with Crippen LogP contribution in [0.2, 0.25) is 10.0 Å². The summed E-state index contributed by atoms with van der Waals surface area (Å²) in [4.78, 5) is 16.5. The zero-order valence-corrected chi connectivity index (χ0v) is 20.6. The van der Waals surface area contributed by atoms with E-state index < -0.39 is 29.4 Å². The summed E-state index contributed by atoms with van der Waals surface area (Å²) in [6.07, 6.45) is -4.95. The summed E-state index contributed by atoms with van der Waals surface area (Å²) in [7, 11) is 1.39. The van der Waals surface area contributed by atoms with Gasteiger partial charge in [0, 0.05) is 34.1 Å². The number of anilines is 2. The number of benzene rings is 3. The van der Waals surface area contributed by atoms with E-state index in [1.165, 1.54) is 48.4 Å². The van der Waals surface area contributed by atoms with Crippen molar-refractivity contribution in [3.63, 3.8) is 0 Å². The monoisotopic (exact) mass is 540 g/mol. The Kier molecular flexibility index (Phi) is 6.87. The molecule has 1 aliphatic rings. The van der Waals surface area contributed by atoms with Crippen LogP contribution in [0.4, 0.5) is 29.3 Å². The van der Waals surface area contributed by atoms with Crippen molar-refractivity contribution in [3.8, 4) is 5.75 Å². The third-order valence-electron chi connectivity index (χ3n) is 6.02. The van der Waals surface area contributed by atoms with Crippen LogP contribution >= 0.6 is 23.2 Å². The second kappa shape index (κ2) is 9.48. The Morgan fingerprint density at radius 1 is 0.917 bits per heavy atom. The molecule has 2 amide bonds. The van der Waals surface area contributed by atoms with Crippen molar-refractivity contribution in [1.82, 2.24) is 0 Å². The SMILES string of the molecule is COC[C@@]1(C)N(c2ccc(Cl)cc2)C(=O)N(c2ccc(Cl)cc2)[C@@]1(O)c1cccc(OC(F)(F)F)c1. The average molecular weight is 541 g/mol. The molecule has 4 rings (SSSR count). The zero-order chi connectivity index (χ0) is 26.3. The highest BCUT2D eigenvalue weighted by Crippen LogP contribution is 2.51. The van der Waals surface area contributed by atoms with Gasteiger partial charge in [-0.25, -0.2) is 4.79 Å². The zero-order valence-electron chi connectivity index (χ0n) is 19.1. The lowest BCUT2D eigenvalue weighted by molar-refractivity contribution is -0.274. The average Bonchev–Trinajstić information content (AvgIpc) is 2.98. The first kappa shape index (κ1) is 26.1. The van der Waals surface area contributed by atoms with E-state index in [1.54, 1.807) is 31.2 Å². The molecule has 0 aromatic heterocycles. The lowest BCUT2D eigenvalue weighted by Gasteiger charge is -2.44. The fourth-order valence-corrected chi connectivity index (χ4v) is 4.77. The molecule has 6 nitrogen and oxygen atoms in total. The molecular weight excluding hydrogens is 520 g/mol. The molecule has 0 bridgehead atoms. The van der Waals surface area contributed by atoms with Crippen LogP contribution in [-0.2, 0) is 10.5 Å². The summed E-state index contributed by atoms with van der Waals surface area (Å²) in [5.41, 5.74) is -3.14. The number of urea groups is 1. The number of hydrogen-bond donors (Lipinski definition) is 1. The topological polar surface area (TPSA) is 62.2 Å². The first-order valence-electron chi connectivity index (χ1n) is 10.6. The van der Waals surface area contributed by atoms with Crippen LogP contribution in [0.15, 0.2) is 72.8 Å². The van der Waals surface area contributed by atoms with Crippen LogP contribution in [0.1, 0.15) is 12.5 Å². The molecule has 1 aliphatic heterocycles. The van der Waals surface area contributed by atoms with Crippen LogP contribution in [-0.4, -0.2) is 36.8 Å². The van der Waals surface area contributed by atoms with Crippen molar-refractivity contribution < 1.29 is 32.5 Å². The Morgan fingerprint density at radius 2 is 1.44 bits per heavy atom. The maximum atomic E-state index is 14.0. The molecule has 1 fully saturated rings. The summed E-state index contributed by atoms with van der Waals surface area (Å²) >= 11 is 12.1. The molecule has 1 N–H and O–H groups in total. The largest absolute Gasteiger partial charge is 0.573 e. The molecule has 11 heteroatoms. The third-order valence-corrected chi connectivity index (χ3v) is 6.52. The Morgan fingerprint density at radius 3 is 1.94 bits per heavy atom. The van der Waals surface area contributed by atoms with Gasteiger partial charge in [-0.15, -0.1) is 13.2 Å². The maximum absolute atomic E-state index is 14.0. The molecule has 0 saturated carbocycles. The number of aliphatic hydroxyl groups is 1. The van der Waals surface area contributed by atoms with Gasteiger partial charge in [-0.1, -0.05) is 35.3 Å². The van der Waals surface area contributed by atoms with Crippen LogP contribution in [0.5, 0.6) is 5.75 Å². The fraction of sp³-hybridized carbons (Fsp3) is 0.240. The smallest absolute Gasteiger partial charge is 0.406 e. The molecule has 3 aromatic rings. The van der Waals surface area contributed by atoms with Gasteiger partial charge in [-0.2, -0.15) is 0 Å². The van der Waals surface area contributed by atoms with Crippen LogP contribution in [0.25, 0.3) is 0 Å². The van der Waals surface area contributed by atoms with Gasteiger partial charge in [-0.05, 0) is 67.6 Å². The second-order valence-corrected chi connectivity index (χ2v) is 9.23. The fourth-order valence-electron chi connectivity index (χ4n) is 4.52. The number of rotatable bonds is 6. The number of alkyl halides is 3. The number of nitrogens with zero attached hydrogens (tertiary/aromatic N) is 2. The number of hydrogen-bond acceptors (Lipinski definition) is 4. The predicted octanol–water partition coefficient (Wildman–Crippen LogP) is 6.59. The lowest BCUT2D eigenvalue weighted by Crippen LogP contribution is -2.60. The van der Waals surface area contributed by atoms with Crippen molar-refractivity contribution in [2.75, 3.05) is 23.5 Å². The number of halogens is 5. The Balaban J connectivity index is 1.98. The van der Waals surface area contributed by atoms with Crippen LogP contribution in [0, 0.1) is 0 Å². The molecule has 0 aliphatic carbocycles. The van der Waals surface area contributed by atoms with E-state index in [0.29, 0.717) is 15.7 Å². The van der Waals surface area contributed by atoms with Gasteiger partial charge < -0.3 is 14.6 Å². The number of ether oxygens (including phenoxy) is 2. The normalized spacial score (nSPS) is 22.3. The molecule has 1 heterocycles. The highest BCUT2D eigenvalue weighted by Gasteiger charge is 2.66. The molecule has 0 spiro atoms. The summed E-state index contributed by atoms with van der Waals surface area (Å²) in [6, 6.07) is 16.7. The second-order valence-electron chi connectivity index (χ2n) is 8.36. The van der Waals surface area contributed by atoms with Crippen molar-refractivity contribution in [2.45, 2.75) is 24.6 Å². The van der Waals surface area contributed by atoms with E-state index in [4.69, 9.17) is 27.9 Å². The van der Waals surface area contributed by atoms with E-state index >= 15 is 0 Å². The molecule has 36 heavy (non-hydrogen) atoms. The summed E-state index contributed by atoms with van der Waals surface area (Å²) in [6.45, 7) is 1.39. The van der Waals surface area contributed by atoms with E-state index in [0.717, 1.165) is 17.0 Å². The van der Waals surface area contributed by atoms with Gasteiger partial charge >= 0.3 is 12.4 Å². The van der Waals surface area contributed by atoms with E-state index in [2.05, 4.69) is 4.74 Å².